The molecule has 1 unspecified atom stereocenters. The van der Waals surface area contributed by atoms with Crippen LogP contribution in [0.3, 0.4) is 0 Å². The monoisotopic (exact) mass is 231 g/mol. The van der Waals surface area contributed by atoms with Crippen molar-refractivity contribution in [2.24, 2.45) is 5.41 Å². The minimum absolute atomic E-state index is 0.198. The first-order chi connectivity index (χ1) is 6.84. The molecule has 1 atom stereocenters. The second kappa shape index (κ2) is 4.54. The lowest BCUT2D eigenvalue weighted by molar-refractivity contribution is -0.150. The van der Waals surface area contributed by atoms with Crippen molar-refractivity contribution in [3.8, 4) is 0 Å². The molecule has 1 aliphatic heterocycles. The van der Waals surface area contributed by atoms with E-state index in [0.717, 1.165) is 19.4 Å². The summed E-state index contributed by atoms with van der Waals surface area (Å²) in [5.74, 6) is -0.766. The number of rotatable bonds is 3. The molecule has 1 heterocycles. The Kier molecular flexibility index (Phi) is 3.79. The molecule has 0 radical (unpaired) electrons. The number of carboxylic acid groups (broad SMARTS) is 1. The van der Waals surface area contributed by atoms with Crippen molar-refractivity contribution in [2.45, 2.75) is 32.7 Å². The molecule has 1 N–H and O–H groups in total. The highest BCUT2D eigenvalue weighted by atomic mass is 35.5. The van der Waals surface area contributed by atoms with Crippen molar-refractivity contribution in [2.75, 3.05) is 13.1 Å². The van der Waals surface area contributed by atoms with Gasteiger partial charge in [0.15, 0.2) is 0 Å². The number of piperidine rings is 1. The van der Waals surface area contributed by atoms with Gasteiger partial charge in [0.1, 0.15) is 6.04 Å². The molecule has 4 heteroatoms. The number of aliphatic carboxylic acids is 1. The predicted octanol–water partition coefficient (Wildman–Crippen LogP) is 2.31. The number of carboxylic acids is 1. The zero-order valence-electron chi connectivity index (χ0n) is 9.29. The summed E-state index contributed by atoms with van der Waals surface area (Å²) in [5, 5.41) is 9.74. The van der Waals surface area contributed by atoms with Gasteiger partial charge in [0.05, 0.1) is 0 Å². The molecule has 0 aromatic rings. The van der Waals surface area contributed by atoms with Gasteiger partial charge in [-0.05, 0) is 24.8 Å². The topological polar surface area (TPSA) is 40.5 Å². The summed E-state index contributed by atoms with van der Waals surface area (Å²) in [7, 11) is 0. The van der Waals surface area contributed by atoms with Gasteiger partial charge in [-0.25, -0.2) is 0 Å². The number of carbonyl (C=O) groups is 1. The second-order valence-corrected chi connectivity index (χ2v) is 5.36. The predicted molar refractivity (Wildman–Crippen MR) is 61.0 cm³/mol. The highest BCUT2D eigenvalue weighted by molar-refractivity contribution is 6.29. The Morgan fingerprint density at radius 2 is 2.27 bits per heavy atom. The molecule has 1 rings (SSSR count). The minimum Gasteiger partial charge on any atom is -0.480 e. The van der Waals surface area contributed by atoms with Gasteiger partial charge in [0, 0.05) is 11.6 Å². The summed E-state index contributed by atoms with van der Waals surface area (Å²) in [6, 6.07) is -0.457. The number of hydrogen-bond acceptors (Lipinski definition) is 2. The minimum atomic E-state index is -0.766. The van der Waals surface area contributed by atoms with E-state index in [1.807, 2.05) is 18.7 Å². The number of halogens is 1. The van der Waals surface area contributed by atoms with Crippen molar-refractivity contribution in [3.63, 3.8) is 0 Å². The first kappa shape index (κ1) is 12.5. The van der Waals surface area contributed by atoms with Crippen LogP contribution in [0.2, 0.25) is 0 Å². The molecular weight excluding hydrogens is 214 g/mol. The third-order valence-electron chi connectivity index (χ3n) is 2.98. The zero-order valence-corrected chi connectivity index (χ0v) is 10.0. The number of nitrogens with zero attached hydrogens (tertiary/aromatic N) is 1. The molecule has 0 aromatic heterocycles. The third kappa shape index (κ3) is 2.95. The van der Waals surface area contributed by atoms with E-state index in [4.69, 9.17) is 11.6 Å². The molecule has 0 amide bonds. The number of likely N-dealkylation sites (tertiary alicyclic amines) is 1. The van der Waals surface area contributed by atoms with Gasteiger partial charge < -0.3 is 5.11 Å². The fourth-order valence-electron chi connectivity index (χ4n) is 2.38. The van der Waals surface area contributed by atoms with Crippen molar-refractivity contribution >= 4 is 17.6 Å². The molecule has 1 fully saturated rings. The molecule has 86 valence electrons. The second-order valence-electron chi connectivity index (χ2n) is 4.82. The molecule has 0 saturated carbocycles. The van der Waals surface area contributed by atoms with Crippen LogP contribution in [0.1, 0.15) is 26.7 Å². The van der Waals surface area contributed by atoms with E-state index in [-0.39, 0.29) is 5.41 Å². The first-order valence-electron chi connectivity index (χ1n) is 5.15. The van der Waals surface area contributed by atoms with Gasteiger partial charge >= 0.3 is 5.97 Å². The fraction of sp³-hybridized carbons (Fsp3) is 0.727. The van der Waals surface area contributed by atoms with E-state index in [2.05, 4.69) is 6.58 Å². The Balaban J connectivity index is 2.84. The number of hydrogen-bond donors (Lipinski definition) is 1. The van der Waals surface area contributed by atoms with Crippen molar-refractivity contribution < 1.29 is 9.90 Å². The third-order valence-corrected chi connectivity index (χ3v) is 3.10. The van der Waals surface area contributed by atoms with E-state index in [0.29, 0.717) is 11.6 Å². The van der Waals surface area contributed by atoms with E-state index in [1.165, 1.54) is 0 Å². The summed E-state index contributed by atoms with van der Waals surface area (Å²) in [5.41, 5.74) is -0.198. The van der Waals surface area contributed by atoms with E-state index < -0.39 is 12.0 Å². The van der Waals surface area contributed by atoms with Crippen LogP contribution in [0.4, 0.5) is 0 Å². The van der Waals surface area contributed by atoms with Crippen molar-refractivity contribution in [1.82, 2.24) is 4.90 Å². The van der Waals surface area contributed by atoms with Crippen LogP contribution in [-0.4, -0.2) is 35.1 Å². The van der Waals surface area contributed by atoms with Gasteiger partial charge in [0.2, 0.25) is 0 Å². The van der Waals surface area contributed by atoms with Crippen LogP contribution in [-0.2, 0) is 4.79 Å². The zero-order chi connectivity index (χ0) is 11.6. The van der Waals surface area contributed by atoms with Crippen LogP contribution >= 0.6 is 11.6 Å². The Labute approximate surface area is 95.7 Å². The van der Waals surface area contributed by atoms with Crippen LogP contribution in [0.5, 0.6) is 0 Å². The average Bonchev–Trinajstić information content (AvgIpc) is 1.99. The van der Waals surface area contributed by atoms with Crippen LogP contribution in [0.25, 0.3) is 0 Å². The Hall–Kier alpha value is -0.540. The summed E-state index contributed by atoms with van der Waals surface area (Å²) < 4.78 is 0. The van der Waals surface area contributed by atoms with Crippen LogP contribution in [0.15, 0.2) is 11.6 Å². The lowest BCUT2D eigenvalue weighted by atomic mass is 9.76. The molecule has 1 aliphatic rings. The molecule has 0 spiro atoms. The maximum Gasteiger partial charge on any atom is 0.321 e. The van der Waals surface area contributed by atoms with Crippen molar-refractivity contribution in [3.05, 3.63) is 11.6 Å². The molecule has 0 aliphatic carbocycles. The van der Waals surface area contributed by atoms with Crippen molar-refractivity contribution in [1.29, 1.82) is 0 Å². The summed E-state index contributed by atoms with van der Waals surface area (Å²) in [6.07, 6.45) is 1.95. The van der Waals surface area contributed by atoms with Gasteiger partial charge in [-0.2, -0.15) is 0 Å². The van der Waals surface area contributed by atoms with E-state index in [1.54, 1.807) is 0 Å². The lowest BCUT2D eigenvalue weighted by Crippen LogP contribution is -2.54. The van der Waals surface area contributed by atoms with Gasteiger partial charge in [-0.1, -0.05) is 32.0 Å². The average molecular weight is 232 g/mol. The maximum atomic E-state index is 11.2. The van der Waals surface area contributed by atoms with Crippen LogP contribution in [0, 0.1) is 5.41 Å². The van der Waals surface area contributed by atoms with E-state index >= 15 is 0 Å². The summed E-state index contributed by atoms with van der Waals surface area (Å²) in [4.78, 5) is 13.2. The summed E-state index contributed by atoms with van der Waals surface area (Å²) >= 11 is 5.75. The SMILES string of the molecule is C=C(Cl)CN1CCCC(C)(C)C1C(=O)O. The molecule has 1 saturated heterocycles. The quantitative estimate of drug-likeness (QED) is 0.811. The molecular formula is C11H18ClNO2. The highest BCUT2D eigenvalue weighted by Gasteiger charge is 2.42. The fourth-order valence-corrected chi connectivity index (χ4v) is 2.53. The Morgan fingerprint density at radius 3 is 2.73 bits per heavy atom. The highest BCUT2D eigenvalue weighted by Crippen LogP contribution is 2.35. The molecule has 0 aromatic carbocycles. The Bertz CT molecular complexity index is 276. The molecule has 15 heavy (non-hydrogen) atoms. The van der Waals surface area contributed by atoms with Gasteiger partial charge in [-0.3, -0.25) is 9.69 Å². The Morgan fingerprint density at radius 1 is 1.67 bits per heavy atom. The summed E-state index contributed by atoms with van der Waals surface area (Å²) in [6.45, 7) is 8.86. The van der Waals surface area contributed by atoms with Gasteiger partial charge in [0.25, 0.3) is 0 Å². The maximum absolute atomic E-state index is 11.2. The molecule has 3 nitrogen and oxygen atoms in total. The van der Waals surface area contributed by atoms with Crippen LogP contribution < -0.4 is 0 Å². The largest absolute Gasteiger partial charge is 0.480 e. The lowest BCUT2D eigenvalue weighted by Gasteiger charge is -2.43. The molecule has 0 bridgehead atoms. The first-order valence-corrected chi connectivity index (χ1v) is 5.52. The standard InChI is InChI=1S/C11H18ClNO2/c1-8(12)7-13-6-4-5-11(2,3)9(13)10(14)15/h9H,1,4-7H2,2-3H3,(H,14,15). The van der Waals surface area contributed by atoms with E-state index in [9.17, 15) is 9.90 Å². The normalized spacial score (nSPS) is 26.2. The smallest absolute Gasteiger partial charge is 0.321 e. The van der Waals surface area contributed by atoms with Gasteiger partial charge in [-0.15, -0.1) is 0 Å².